The number of rotatable bonds is 5. The summed E-state index contributed by atoms with van der Waals surface area (Å²) in [6.45, 7) is 0.162. The van der Waals surface area contributed by atoms with E-state index < -0.39 is 17.7 Å². The number of carbonyl (C=O) groups is 3. The molecule has 0 atom stereocenters. The van der Waals surface area contributed by atoms with Crippen LogP contribution >= 0.6 is 11.8 Å². The van der Waals surface area contributed by atoms with Gasteiger partial charge in [0.1, 0.15) is 11.6 Å². The van der Waals surface area contributed by atoms with Gasteiger partial charge in [-0.3, -0.25) is 14.5 Å². The van der Waals surface area contributed by atoms with E-state index in [0.29, 0.717) is 5.69 Å². The first kappa shape index (κ1) is 19.8. The molecule has 0 aliphatic carbocycles. The molecule has 0 bridgehead atoms. The second-order valence-electron chi connectivity index (χ2n) is 6.25. The number of thioether (sulfide) groups is 1. The number of anilines is 1. The van der Waals surface area contributed by atoms with Crippen LogP contribution in [-0.4, -0.2) is 39.8 Å². The number of carbonyl (C=O) groups excluding carboxylic acids is 3. The summed E-state index contributed by atoms with van der Waals surface area (Å²) in [5, 5.41) is 2.40. The topological polar surface area (TPSA) is 69.7 Å². The Bertz CT molecular complexity index is 905. The van der Waals surface area contributed by atoms with Crippen molar-refractivity contribution in [2.75, 3.05) is 18.1 Å². The fraction of sp³-hybridized carbons (Fsp3) is 0.211. The van der Waals surface area contributed by atoms with Crippen LogP contribution in [0.3, 0.4) is 0 Å². The van der Waals surface area contributed by atoms with E-state index in [1.807, 2.05) is 0 Å². The van der Waals surface area contributed by atoms with Crippen LogP contribution in [0, 0.1) is 11.6 Å². The lowest BCUT2D eigenvalue weighted by Gasteiger charge is -2.19. The highest BCUT2D eigenvalue weighted by Gasteiger charge is 2.29. The van der Waals surface area contributed by atoms with Gasteiger partial charge in [-0.25, -0.2) is 13.6 Å². The summed E-state index contributed by atoms with van der Waals surface area (Å²) in [5.41, 5.74) is 1.46. The summed E-state index contributed by atoms with van der Waals surface area (Å²) in [6, 6.07) is 9.46. The van der Waals surface area contributed by atoms with Crippen molar-refractivity contribution in [2.45, 2.75) is 13.1 Å². The van der Waals surface area contributed by atoms with Crippen LogP contribution in [0.25, 0.3) is 0 Å². The highest BCUT2D eigenvalue weighted by Crippen LogP contribution is 2.22. The largest absolute Gasteiger partial charge is 0.323 e. The highest BCUT2D eigenvalue weighted by molar-refractivity contribution is 8.14. The first-order chi connectivity index (χ1) is 13.3. The van der Waals surface area contributed by atoms with Gasteiger partial charge < -0.3 is 10.2 Å². The van der Waals surface area contributed by atoms with E-state index in [9.17, 15) is 23.2 Å². The minimum Gasteiger partial charge on any atom is -0.323 e. The number of benzene rings is 2. The molecular weight excluding hydrogens is 388 g/mol. The Labute approximate surface area is 164 Å². The molecule has 1 saturated heterocycles. The van der Waals surface area contributed by atoms with Gasteiger partial charge in [-0.2, -0.15) is 0 Å². The molecule has 9 heteroatoms. The summed E-state index contributed by atoms with van der Waals surface area (Å²) >= 11 is 0.977. The van der Waals surface area contributed by atoms with Crippen molar-refractivity contribution in [3.63, 3.8) is 0 Å². The molecular formula is C19H17F2N3O3S. The van der Waals surface area contributed by atoms with E-state index in [0.717, 1.165) is 29.5 Å². The summed E-state index contributed by atoms with van der Waals surface area (Å²) < 4.78 is 26.7. The molecule has 1 aliphatic rings. The van der Waals surface area contributed by atoms with Crippen LogP contribution in [0.2, 0.25) is 0 Å². The Morgan fingerprint density at radius 2 is 1.89 bits per heavy atom. The Kier molecular flexibility index (Phi) is 5.93. The third-order valence-corrected chi connectivity index (χ3v) is 5.01. The second-order valence-corrected chi connectivity index (χ2v) is 7.18. The number of hydrogen-bond donors (Lipinski definition) is 1. The van der Waals surface area contributed by atoms with E-state index in [2.05, 4.69) is 5.32 Å². The third-order valence-electron chi connectivity index (χ3n) is 4.16. The van der Waals surface area contributed by atoms with Crippen LogP contribution in [0.4, 0.5) is 24.1 Å². The van der Waals surface area contributed by atoms with Crippen molar-refractivity contribution in [3.8, 4) is 0 Å². The predicted molar refractivity (Wildman–Crippen MR) is 102 cm³/mol. The number of hydrogen-bond acceptors (Lipinski definition) is 4. The molecule has 2 aromatic rings. The van der Waals surface area contributed by atoms with Crippen LogP contribution < -0.4 is 5.32 Å². The summed E-state index contributed by atoms with van der Waals surface area (Å²) in [6.07, 6.45) is 0. The first-order valence-electron chi connectivity index (χ1n) is 8.35. The molecule has 0 radical (unpaired) electrons. The fourth-order valence-corrected chi connectivity index (χ4v) is 3.33. The Morgan fingerprint density at radius 1 is 1.18 bits per heavy atom. The SMILES string of the molecule is CN(Cc1ccc(F)cc1F)C(=O)Nc1ccc(CN2C(=O)CSC2=O)cc1. The van der Waals surface area contributed by atoms with E-state index in [-0.39, 0.29) is 35.6 Å². The number of nitrogens with one attached hydrogen (secondary N) is 1. The minimum atomic E-state index is -0.715. The standard InChI is InChI=1S/C19H17F2N3O3S/c1-23(10-13-4-5-14(20)8-16(13)21)18(26)22-15-6-2-12(3-7-15)9-24-17(25)11-28-19(24)27/h2-8H,9-11H2,1H3,(H,22,26). The minimum absolute atomic E-state index is 0.0210. The molecule has 4 amide bonds. The zero-order valence-electron chi connectivity index (χ0n) is 14.9. The predicted octanol–water partition coefficient (Wildman–Crippen LogP) is 3.82. The third kappa shape index (κ3) is 4.66. The molecule has 1 aliphatic heterocycles. The molecule has 1 heterocycles. The zero-order valence-corrected chi connectivity index (χ0v) is 15.8. The molecule has 0 aromatic heterocycles. The number of amides is 4. The molecule has 0 unspecified atom stereocenters. The average Bonchev–Trinajstić information content (AvgIpc) is 2.97. The Hall–Kier alpha value is -2.94. The molecule has 2 aromatic carbocycles. The molecule has 0 spiro atoms. The maximum absolute atomic E-state index is 13.7. The maximum Gasteiger partial charge on any atom is 0.321 e. The van der Waals surface area contributed by atoms with Crippen LogP contribution in [0.1, 0.15) is 11.1 Å². The van der Waals surface area contributed by atoms with Crippen LogP contribution in [0.15, 0.2) is 42.5 Å². The van der Waals surface area contributed by atoms with Crippen molar-refractivity contribution in [2.24, 2.45) is 0 Å². The molecule has 3 rings (SSSR count). The van der Waals surface area contributed by atoms with Gasteiger partial charge in [-0.1, -0.05) is 30.0 Å². The van der Waals surface area contributed by atoms with E-state index >= 15 is 0 Å². The second kappa shape index (κ2) is 8.39. The van der Waals surface area contributed by atoms with E-state index in [1.54, 1.807) is 24.3 Å². The van der Waals surface area contributed by atoms with Gasteiger partial charge in [0.15, 0.2) is 0 Å². The smallest absolute Gasteiger partial charge is 0.321 e. The van der Waals surface area contributed by atoms with Gasteiger partial charge in [0, 0.05) is 30.9 Å². The van der Waals surface area contributed by atoms with Crippen molar-refractivity contribution in [1.29, 1.82) is 0 Å². The monoisotopic (exact) mass is 405 g/mol. The molecule has 28 heavy (non-hydrogen) atoms. The number of urea groups is 1. The van der Waals surface area contributed by atoms with E-state index in [1.165, 1.54) is 22.9 Å². The van der Waals surface area contributed by atoms with Gasteiger partial charge in [0.25, 0.3) is 5.24 Å². The summed E-state index contributed by atoms with van der Waals surface area (Å²) in [4.78, 5) is 38.0. The molecule has 1 N–H and O–H groups in total. The molecule has 146 valence electrons. The summed E-state index contributed by atoms with van der Waals surface area (Å²) in [7, 11) is 1.49. The van der Waals surface area contributed by atoms with Crippen molar-refractivity contribution >= 4 is 34.6 Å². The maximum atomic E-state index is 13.7. The quantitative estimate of drug-likeness (QED) is 0.821. The number of halogens is 2. The van der Waals surface area contributed by atoms with E-state index in [4.69, 9.17) is 0 Å². The van der Waals surface area contributed by atoms with Crippen LogP contribution in [0.5, 0.6) is 0 Å². The van der Waals surface area contributed by atoms with Gasteiger partial charge in [-0.05, 0) is 23.8 Å². The Morgan fingerprint density at radius 3 is 2.50 bits per heavy atom. The fourth-order valence-electron chi connectivity index (χ4n) is 2.61. The highest BCUT2D eigenvalue weighted by atomic mass is 32.2. The van der Waals surface area contributed by atoms with Crippen molar-refractivity contribution in [1.82, 2.24) is 9.80 Å². The van der Waals surface area contributed by atoms with Gasteiger partial charge >= 0.3 is 6.03 Å². The van der Waals surface area contributed by atoms with Crippen molar-refractivity contribution < 1.29 is 23.2 Å². The molecule has 1 fully saturated rings. The number of nitrogens with zero attached hydrogens (tertiary/aromatic N) is 2. The molecule has 6 nitrogen and oxygen atoms in total. The van der Waals surface area contributed by atoms with Gasteiger partial charge in [0.05, 0.1) is 12.3 Å². The first-order valence-corrected chi connectivity index (χ1v) is 9.34. The Balaban J connectivity index is 1.57. The summed E-state index contributed by atoms with van der Waals surface area (Å²) in [5.74, 6) is -1.45. The average molecular weight is 405 g/mol. The lowest BCUT2D eigenvalue weighted by Crippen LogP contribution is -2.31. The zero-order chi connectivity index (χ0) is 20.3. The van der Waals surface area contributed by atoms with Crippen molar-refractivity contribution in [3.05, 3.63) is 65.2 Å². The number of imide groups is 1. The molecule has 0 saturated carbocycles. The lowest BCUT2D eigenvalue weighted by molar-refractivity contribution is -0.125. The van der Waals surface area contributed by atoms with Gasteiger partial charge in [-0.15, -0.1) is 0 Å². The lowest BCUT2D eigenvalue weighted by atomic mass is 10.2. The van der Waals surface area contributed by atoms with Gasteiger partial charge in [0.2, 0.25) is 5.91 Å². The normalized spacial score (nSPS) is 13.8. The van der Waals surface area contributed by atoms with Crippen LogP contribution in [-0.2, 0) is 17.9 Å².